The lowest BCUT2D eigenvalue weighted by Crippen LogP contribution is -1.95. The fourth-order valence-corrected chi connectivity index (χ4v) is 2.52. The van der Waals surface area contributed by atoms with Gasteiger partial charge in [-0.2, -0.15) is 0 Å². The van der Waals surface area contributed by atoms with Crippen LogP contribution >= 0.6 is 11.6 Å². The van der Waals surface area contributed by atoms with Gasteiger partial charge in [0.15, 0.2) is 0 Å². The number of aromatic nitrogens is 2. The maximum Gasteiger partial charge on any atom is 0.222 e. The van der Waals surface area contributed by atoms with E-state index in [2.05, 4.69) is 41.2 Å². The van der Waals surface area contributed by atoms with E-state index in [0.29, 0.717) is 5.28 Å². The number of fused-ring (bicyclic) bond motifs is 1. The molecule has 0 N–H and O–H groups in total. The highest BCUT2D eigenvalue weighted by molar-refractivity contribution is 6.28. The number of allylic oxidation sites excluding steroid dienone is 1. The largest absolute Gasteiger partial charge is 0.227 e. The average Bonchev–Trinajstić information content (AvgIpc) is 2.68. The van der Waals surface area contributed by atoms with Crippen LogP contribution in [0.15, 0.2) is 36.0 Å². The highest BCUT2D eigenvalue weighted by Gasteiger charge is 2.10. The normalized spacial score (nSPS) is 13.3. The molecule has 2 aromatic rings. The minimum Gasteiger partial charge on any atom is -0.227 e. The Morgan fingerprint density at radius 3 is 3.00 bits per heavy atom. The van der Waals surface area contributed by atoms with Gasteiger partial charge in [0, 0.05) is 18.3 Å². The molecule has 1 aliphatic carbocycles. The van der Waals surface area contributed by atoms with Crippen LogP contribution in [-0.2, 0) is 12.8 Å². The first-order valence-corrected chi connectivity index (χ1v) is 6.35. The molecule has 0 atom stereocenters. The SMILES string of the molecule is CC1=Cc2ccc(Cc3ccnc(Cl)n3)cc2C1. The first-order valence-electron chi connectivity index (χ1n) is 5.97. The van der Waals surface area contributed by atoms with Gasteiger partial charge in [-0.15, -0.1) is 0 Å². The molecule has 0 fully saturated rings. The van der Waals surface area contributed by atoms with Gasteiger partial charge in [-0.25, -0.2) is 9.97 Å². The molecule has 1 aliphatic rings. The molecule has 0 saturated carbocycles. The number of halogens is 1. The second-order valence-corrected chi connectivity index (χ2v) is 5.03. The molecule has 0 aliphatic heterocycles. The minimum atomic E-state index is 0.311. The van der Waals surface area contributed by atoms with E-state index in [9.17, 15) is 0 Å². The van der Waals surface area contributed by atoms with E-state index in [1.54, 1.807) is 6.20 Å². The van der Waals surface area contributed by atoms with Crippen LogP contribution in [0.5, 0.6) is 0 Å². The Morgan fingerprint density at radius 2 is 2.17 bits per heavy atom. The van der Waals surface area contributed by atoms with Crippen LogP contribution in [0.2, 0.25) is 5.28 Å². The molecule has 18 heavy (non-hydrogen) atoms. The molecule has 1 aromatic carbocycles. The first-order chi connectivity index (χ1) is 8.70. The second kappa shape index (κ2) is 4.54. The molecule has 3 heteroatoms. The number of hydrogen-bond acceptors (Lipinski definition) is 2. The second-order valence-electron chi connectivity index (χ2n) is 4.69. The monoisotopic (exact) mass is 256 g/mol. The van der Waals surface area contributed by atoms with Gasteiger partial charge in [-0.3, -0.25) is 0 Å². The summed E-state index contributed by atoms with van der Waals surface area (Å²) in [4.78, 5) is 8.11. The van der Waals surface area contributed by atoms with Gasteiger partial charge in [-0.1, -0.05) is 29.8 Å². The summed E-state index contributed by atoms with van der Waals surface area (Å²) in [6.07, 6.45) is 5.81. The van der Waals surface area contributed by atoms with Gasteiger partial charge in [0.25, 0.3) is 0 Å². The van der Waals surface area contributed by atoms with Crippen molar-refractivity contribution < 1.29 is 0 Å². The van der Waals surface area contributed by atoms with Crippen molar-refractivity contribution in [1.82, 2.24) is 9.97 Å². The lowest BCUT2D eigenvalue weighted by atomic mass is 10.0. The summed E-state index contributed by atoms with van der Waals surface area (Å²) in [7, 11) is 0. The molecule has 0 spiro atoms. The van der Waals surface area contributed by atoms with Crippen molar-refractivity contribution in [3.63, 3.8) is 0 Å². The molecule has 0 unspecified atom stereocenters. The van der Waals surface area contributed by atoms with E-state index in [-0.39, 0.29) is 0 Å². The molecule has 2 nitrogen and oxygen atoms in total. The molecular formula is C15H13ClN2. The zero-order chi connectivity index (χ0) is 12.5. The summed E-state index contributed by atoms with van der Waals surface area (Å²) in [5.41, 5.74) is 6.40. The Labute approximate surface area is 111 Å². The van der Waals surface area contributed by atoms with Crippen LogP contribution in [0.3, 0.4) is 0 Å². The predicted octanol–water partition coefficient (Wildman–Crippen LogP) is 3.68. The van der Waals surface area contributed by atoms with Crippen molar-refractivity contribution in [3.05, 3.63) is 63.7 Å². The first kappa shape index (κ1) is 11.4. The molecule has 0 radical (unpaired) electrons. The molecular weight excluding hydrogens is 244 g/mol. The van der Waals surface area contributed by atoms with Crippen LogP contribution in [0.4, 0.5) is 0 Å². The van der Waals surface area contributed by atoms with E-state index in [0.717, 1.165) is 18.5 Å². The maximum absolute atomic E-state index is 5.79. The van der Waals surface area contributed by atoms with Crippen molar-refractivity contribution in [2.24, 2.45) is 0 Å². The Kier molecular flexibility index (Phi) is 2.88. The summed E-state index contributed by atoms with van der Waals surface area (Å²) < 4.78 is 0. The van der Waals surface area contributed by atoms with E-state index in [4.69, 9.17) is 11.6 Å². The summed E-state index contributed by atoms with van der Waals surface area (Å²) in [6, 6.07) is 8.51. The Bertz CT molecular complexity index is 632. The Balaban J connectivity index is 1.85. The van der Waals surface area contributed by atoms with Crippen molar-refractivity contribution in [2.75, 3.05) is 0 Å². The highest BCUT2D eigenvalue weighted by atomic mass is 35.5. The van der Waals surface area contributed by atoms with Gasteiger partial charge in [0.2, 0.25) is 5.28 Å². The number of rotatable bonds is 2. The van der Waals surface area contributed by atoms with Gasteiger partial charge in [0.1, 0.15) is 0 Å². The van der Waals surface area contributed by atoms with E-state index in [1.807, 2.05) is 6.07 Å². The third kappa shape index (κ3) is 2.29. The third-order valence-corrected chi connectivity index (χ3v) is 3.33. The van der Waals surface area contributed by atoms with Crippen LogP contribution in [0.1, 0.15) is 29.3 Å². The fourth-order valence-electron chi connectivity index (χ4n) is 2.36. The molecule has 1 aromatic heterocycles. The van der Waals surface area contributed by atoms with Crippen molar-refractivity contribution >= 4 is 17.7 Å². The van der Waals surface area contributed by atoms with Crippen LogP contribution in [0.25, 0.3) is 6.08 Å². The number of hydrogen-bond donors (Lipinski definition) is 0. The zero-order valence-electron chi connectivity index (χ0n) is 10.2. The molecule has 90 valence electrons. The van der Waals surface area contributed by atoms with Crippen molar-refractivity contribution in [1.29, 1.82) is 0 Å². The smallest absolute Gasteiger partial charge is 0.222 e. The topological polar surface area (TPSA) is 25.8 Å². The molecule has 3 rings (SSSR count). The zero-order valence-corrected chi connectivity index (χ0v) is 10.9. The maximum atomic E-state index is 5.79. The average molecular weight is 257 g/mol. The summed E-state index contributed by atoms with van der Waals surface area (Å²) in [6.45, 7) is 2.17. The lowest BCUT2D eigenvalue weighted by Gasteiger charge is -2.05. The standard InChI is InChI=1S/C15H13ClN2/c1-10-6-12-3-2-11(8-13(12)7-10)9-14-4-5-17-15(16)18-14/h2-6,8H,7,9H2,1H3. The predicted molar refractivity (Wildman–Crippen MR) is 73.6 cm³/mol. The Hall–Kier alpha value is -1.67. The summed E-state index contributed by atoms with van der Waals surface area (Å²) >= 11 is 5.79. The van der Waals surface area contributed by atoms with Crippen molar-refractivity contribution in [2.45, 2.75) is 19.8 Å². The fraction of sp³-hybridized carbons (Fsp3) is 0.200. The quantitative estimate of drug-likeness (QED) is 0.766. The molecule has 1 heterocycles. The summed E-state index contributed by atoms with van der Waals surface area (Å²) in [5.74, 6) is 0. The van der Waals surface area contributed by atoms with Crippen molar-refractivity contribution in [3.8, 4) is 0 Å². The number of nitrogens with zero attached hydrogens (tertiary/aromatic N) is 2. The lowest BCUT2D eigenvalue weighted by molar-refractivity contribution is 1.02. The van der Waals surface area contributed by atoms with Gasteiger partial charge < -0.3 is 0 Å². The van der Waals surface area contributed by atoms with Gasteiger partial charge >= 0.3 is 0 Å². The molecule has 0 bridgehead atoms. The number of benzene rings is 1. The summed E-state index contributed by atoms with van der Waals surface area (Å²) in [5, 5.41) is 0.311. The van der Waals surface area contributed by atoms with Crippen LogP contribution < -0.4 is 0 Å². The van der Waals surface area contributed by atoms with Crippen LogP contribution in [-0.4, -0.2) is 9.97 Å². The highest BCUT2D eigenvalue weighted by Crippen LogP contribution is 2.26. The molecule has 0 amide bonds. The van der Waals surface area contributed by atoms with Gasteiger partial charge in [0.05, 0.1) is 0 Å². The Morgan fingerprint density at radius 1 is 1.28 bits per heavy atom. The van der Waals surface area contributed by atoms with E-state index < -0.39 is 0 Å². The van der Waals surface area contributed by atoms with Gasteiger partial charge in [-0.05, 0) is 47.7 Å². The third-order valence-electron chi connectivity index (χ3n) is 3.15. The van der Waals surface area contributed by atoms with E-state index in [1.165, 1.54) is 22.3 Å². The minimum absolute atomic E-state index is 0.311. The molecule has 0 saturated heterocycles. The van der Waals surface area contributed by atoms with E-state index >= 15 is 0 Å². The van der Waals surface area contributed by atoms with Crippen LogP contribution in [0, 0.1) is 0 Å².